The van der Waals surface area contributed by atoms with E-state index in [0.29, 0.717) is 5.39 Å². The Kier molecular flexibility index (Phi) is 2.17. The second-order valence-electron chi connectivity index (χ2n) is 2.96. The van der Waals surface area contributed by atoms with E-state index in [4.69, 9.17) is 4.55 Å². The highest BCUT2D eigenvalue weighted by atomic mass is 32.2. The Bertz CT molecular complexity index is 624. The van der Waals surface area contributed by atoms with Crippen LogP contribution >= 0.6 is 0 Å². The van der Waals surface area contributed by atoms with Crippen molar-refractivity contribution in [1.29, 1.82) is 0 Å². The Morgan fingerprint density at radius 2 is 2.07 bits per heavy atom. The van der Waals surface area contributed by atoms with Gasteiger partial charge in [0.25, 0.3) is 10.1 Å². The van der Waals surface area contributed by atoms with E-state index in [2.05, 4.69) is 4.98 Å². The van der Waals surface area contributed by atoms with Crippen molar-refractivity contribution in [1.82, 2.24) is 4.98 Å². The minimum Gasteiger partial charge on any atom is -0.282 e. The lowest BCUT2D eigenvalue weighted by Crippen LogP contribution is -2.00. The van der Waals surface area contributed by atoms with Crippen molar-refractivity contribution < 1.29 is 17.4 Å². The summed E-state index contributed by atoms with van der Waals surface area (Å²) in [5, 5.41) is 0.324. The highest BCUT2D eigenvalue weighted by molar-refractivity contribution is 7.86. The van der Waals surface area contributed by atoms with Gasteiger partial charge in [-0.2, -0.15) is 8.42 Å². The lowest BCUT2D eigenvalue weighted by Gasteiger charge is -2.01. The summed E-state index contributed by atoms with van der Waals surface area (Å²) in [5.41, 5.74) is 0.0569. The van der Waals surface area contributed by atoms with Crippen molar-refractivity contribution in [3.8, 4) is 0 Å². The van der Waals surface area contributed by atoms with Gasteiger partial charge in [-0.25, -0.2) is 4.39 Å². The van der Waals surface area contributed by atoms with E-state index in [9.17, 15) is 12.8 Å². The third-order valence-corrected chi connectivity index (χ3v) is 2.80. The molecule has 78 valence electrons. The summed E-state index contributed by atoms with van der Waals surface area (Å²) in [7, 11) is -4.33. The fourth-order valence-electron chi connectivity index (χ4n) is 1.31. The molecule has 15 heavy (non-hydrogen) atoms. The molecular weight excluding hydrogens is 221 g/mol. The Balaban J connectivity index is 2.89. The molecule has 0 amide bonds. The number of fused-ring (bicyclic) bond motifs is 1. The number of aromatic nitrogens is 1. The van der Waals surface area contributed by atoms with E-state index in [1.54, 1.807) is 0 Å². The van der Waals surface area contributed by atoms with Gasteiger partial charge in [-0.05, 0) is 12.1 Å². The molecule has 0 unspecified atom stereocenters. The van der Waals surface area contributed by atoms with Crippen molar-refractivity contribution in [2.24, 2.45) is 0 Å². The van der Waals surface area contributed by atoms with E-state index in [1.165, 1.54) is 18.2 Å². The van der Waals surface area contributed by atoms with Gasteiger partial charge in [0.05, 0.1) is 11.7 Å². The molecule has 0 fully saturated rings. The number of para-hydroxylation sites is 1. The molecule has 0 atom stereocenters. The van der Waals surface area contributed by atoms with Gasteiger partial charge in [0, 0.05) is 5.39 Å². The van der Waals surface area contributed by atoms with Gasteiger partial charge in [-0.1, -0.05) is 12.1 Å². The number of rotatable bonds is 1. The molecule has 0 saturated carbocycles. The van der Waals surface area contributed by atoms with Crippen molar-refractivity contribution in [2.75, 3.05) is 0 Å². The number of nitrogens with zero attached hydrogens (tertiary/aromatic N) is 1. The Morgan fingerprint density at radius 1 is 1.33 bits per heavy atom. The molecule has 4 nitrogen and oxygen atoms in total. The standard InChI is InChI=1S/C9H6FNO3S/c10-7-4-6-2-1-3-8(15(12,13)14)9(6)11-5-7/h1-5H,(H,12,13,14). The van der Waals surface area contributed by atoms with Crippen LogP contribution < -0.4 is 0 Å². The van der Waals surface area contributed by atoms with E-state index >= 15 is 0 Å². The summed E-state index contributed by atoms with van der Waals surface area (Å²) in [6.45, 7) is 0. The number of benzene rings is 1. The molecule has 0 saturated heterocycles. The van der Waals surface area contributed by atoms with Crippen molar-refractivity contribution in [2.45, 2.75) is 4.90 Å². The first-order valence-electron chi connectivity index (χ1n) is 4.00. The van der Waals surface area contributed by atoms with Crippen molar-refractivity contribution >= 4 is 21.0 Å². The molecule has 1 aromatic carbocycles. The van der Waals surface area contributed by atoms with Gasteiger partial charge in [-0.3, -0.25) is 9.54 Å². The molecule has 0 spiro atoms. The number of halogens is 1. The van der Waals surface area contributed by atoms with E-state index in [0.717, 1.165) is 12.3 Å². The van der Waals surface area contributed by atoms with E-state index in [-0.39, 0.29) is 10.4 Å². The molecule has 0 bridgehead atoms. The van der Waals surface area contributed by atoms with Crippen LogP contribution in [0.25, 0.3) is 10.9 Å². The fraction of sp³-hybridized carbons (Fsp3) is 0. The minimum atomic E-state index is -4.33. The van der Waals surface area contributed by atoms with Gasteiger partial charge in [-0.15, -0.1) is 0 Å². The topological polar surface area (TPSA) is 67.3 Å². The first kappa shape index (κ1) is 10.0. The Hall–Kier alpha value is -1.53. The number of hydrogen-bond acceptors (Lipinski definition) is 3. The predicted octanol–water partition coefficient (Wildman–Crippen LogP) is 1.62. The minimum absolute atomic E-state index is 0.0569. The van der Waals surface area contributed by atoms with Crippen LogP contribution in [0.4, 0.5) is 4.39 Å². The highest BCUT2D eigenvalue weighted by Crippen LogP contribution is 2.20. The molecule has 2 rings (SSSR count). The van der Waals surface area contributed by atoms with E-state index < -0.39 is 15.9 Å². The molecule has 6 heteroatoms. The van der Waals surface area contributed by atoms with Gasteiger partial charge < -0.3 is 0 Å². The van der Waals surface area contributed by atoms with Crippen LogP contribution in [0.2, 0.25) is 0 Å². The second-order valence-corrected chi connectivity index (χ2v) is 4.35. The summed E-state index contributed by atoms with van der Waals surface area (Å²) >= 11 is 0. The summed E-state index contributed by atoms with van der Waals surface area (Å²) in [6, 6.07) is 5.28. The molecule has 2 aromatic rings. The lowest BCUT2D eigenvalue weighted by atomic mass is 10.2. The van der Waals surface area contributed by atoms with Crippen LogP contribution in [-0.2, 0) is 10.1 Å². The van der Waals surface area contributed by atoms with Gasteiger partial charge >= 0.3 is 0 Å². The summed E-state index contributed by atoms with van der Waals surface area (Å²) in [6.07, 6.45) is 0.900. The molecule has 1 heterocycles. The van der Waals surface area contributed by atoms with Crippen LogP contribution in [0, 0.1) is 5.82 Å². The monoisotopic (exact) mass is 227 g/mol. The first-order valence-corrected chi connectivity index (χ1v) is 5.44. The molecule has 0 aliphatic carbocycles. The normalized spacial score (nSPS) is 11.9. The van der Waals surface area contributed by atoms with Crippen LogP contribution in [0.5, 0.6) is 0 Å². The van der Waals surface area contributed by atoms with Crippen LogP contribution in [0.15, 0.2) is 35.4 Å². The highest BCUT2D eigenvalue weighted by Gasteiger charge is 2.14. The number of hydrogen-bond donors (Lipinski definition) is 1. The quantitative estimate of drug-likeness (QED) is 0.752. The predicted molar refractivity (Wildman–Crippen MR) is 51.5 cm³/mol. The van der Waals surface area contributed by atoms with Crippen LogP contribution in [0.1, 0.15) is 0 Å². The Labute approximate surface area is 85.1 Å². The zero-order chi connectivity index (χ0) is 11.1. The summed E-state index contributed by atoms with van der Waals surface area (Å²) in [4.78, 5) is 3.31. The third kappa shape index (κ3) is 1.81. The Morgan fingerprint density at radius 3 is 2.73 bits per heavy atom. The van der Waals surface area contributed by atoms with Gasteiger partial charge in [0.2, 0.25) is 0 Å². The third-order valence-electron chi connectivity index (χ3n) is 1.92. The SMILES string of the molecule is O=S(=O)(O)c1cccc2cc(F)cnc12. The zero-order valence-electron chi connectivity index (χ0n) is 7.38. The molecule has 0 aliphatic rings. The van der Waals surface area contributed by atoms with Gasteiger partial charge in [0.1, 0.15) is 10.7 Å². The van der Waals surface area contributed by atoms with Crippen LogP contribution in [-0.4, -0.2) is 18.0 Å². The molecular formula is C9H6FNO3S. The fourth-order valence-corrected chi connectivity index (χ4v) is 1.98. The van der Waals surface area contributed by atoms with Crippen molar-refractivity contribution in [3.63, 3.8) is 0 Å². The van der Waals surface area contributed by atoms with Crippen molar-refractivity contribution in [3.05, 3.63) is 36.3 Å². The molecule has 0 aliphatic heterocycles. The largest absolute Gasteiger partial charge is 0.296 e. The van der Waals surface area contributed by atoms with Crippen LogP contribution in [0.3, 0.4) is 0 Å². The first-order chi connectivity index (χ1) is 6.98. The maximum absolute atomic E-state index is 12.8. The van der Waals surface area contributed by atoms with Gasteiger partial charge in [0.15, 0.2) is 0 Å². The summed E-state index contributed by atoms with van der Waals surface area (Å²) < 4.78 is 43.6. The smallest absolute Gasteiger partial charge is 0.282 e. The second kappa shape index (κ2) is 3.25. The lowest BCUT2D eigenvalue weighted by molar-refractivity contribution is 0.484. The molecule has 1 aromatic heterocycles. The maximum atomic E-state index is 12.8. The maximum Gasteiger partial charge on any atom is 0.296 e. The van der Waals surface area contributed by atoms with E-state index in [1.807, 2.05) is 0 Å². The number of pyridine rings is 1. The zero-order valence-corrected chi connectivity index (χ0v) is 8.20. The average molecular weight is 227 g/mol. The summed E-state index contributed by atoms with van der Waals surface area (Å²) in [5.74, 6) is -0.560. The molecule has 0 radical (unpaired) electrons. The average Bonchev–Trinajstić information content (AvgIpc) is 2.15. The molecule has 1 N–H and O–H groups in total.